The third-order valence-electron chi connectivity index (χ3n) is 5.05. The van der Waals surface area contributed by atoms with Crippen molar-refractivity contribution in [2.24, 2.45) is 5.73 Å². The van der Waals surface area contributed by atoms with Crippen LogP contribution in [-0.4, -0.2) is 18.5 Å². The number of hydrogen-bond acceptors (Lipinski definition) is 3. The van der Waals surface area contributed by atoms with Gasteiger partial charge in [-0.25, -0.2) is 4.79 Å². The van der Waals surface area contributed by atoms with Crippen molar-refractivity contribution in [3.05, 3.63) is 80.8 Å². The molecule has 0 fully saturated rings. The average molecular weight is 426 g/mol. The molecule has 1 amide bonds. The largest absolute Gasteiger partial charge is 0.462 e. The molecule has 146 valence electrons. The molecule has 0 unspecified atom stereocenters. The summed E-state index contributed by atoms with van der Waals surface area (Å²) in [6, 6.07) is 14.5. The molecule has 6 heteroatoms. The van der Waals surface area contributed by atoms with Gasteiger partial charge in [0.05, 0.1) is 22.2 Å². The van der Waals surface area contributed by atoms with E-state index in [2.05, 4.69) is 0 Å². The second kappa shape index (κ2) is 7.54. The molecule has 0 atom stereocenters. The lowest BCUT2D eigenvalue weighted by molar-refractivity contribution is 0.0526. The third-order valence-corrected chi connectivity index (χ3v) is 5.79. The predicted octanol–water partition coefficient (Wildman–Crippen LogP) is 5.51. The zero-order valence-electron chi connectivity index (χ0n) is 15.6. The molecule has 0 aliphatic heterocycles. The van der Waals surface area contributed by atoms with Crippen LogP contribution in [0.5, 0.6) is 0 Å². The van der Waals surface area contributed by atoms with Gasteiger partial charge in [0.15, 0.2) is 0 Å². The van der Waals surface area contributed by atoms with E-state index in [1.165, 1.54) is 0 Å². The van der Waals surface area contributed by atoms with Gasteiger partial charge in [0, 0.05) is 5.56 Å². The zero-order chi connectivity index (χ0) is 20.7. The highest BCUT2D eigenvalue weighted by Crippen LogP contribution is 2.42. The molecule has 4 nitrogen and oxygen atoms in total. The summed E-state index contributed by atoms with van der Waals surface area (Å²) in [5, 5.41) is 0.881. The Morgan fingerprint density at radius 3 is 2.45 bits per heavy atom. The summed E-state index contributed by atoms with van der Waals surface area (Å²) in [5.41, 5.74) is 11.9. The van der Waals surface area contributed by atoms with Crippen LogP contribution in [0.15, 0.2) is 48.5 Å². The first kappa shape index (κ1) is 19.5. The smallest absolute Gasteiger partial charge is 0.338 e. The van der Waals surface area contributed by atoms with Crippen molar-refractivity contribution >= 4 is 35.1 Å². The highest BCUT2D eigenvalue weighted by atomic mass is 35.5. The summed E-state index contributed by atoms with van der Waals surface area (Å²) in [5.74, 6) is -0.874. The van der Waals surface area contributed by atoms with E-state index in [0.29, 0.717) is 34.2 Å². The molecule has 3 aromatic carbocycles. The molecule has 3 aromatic rings. The first-order valence-electron chi connectivity index (χ1n) is 9.11. The number of rotatable bonds is 4. The number of hydrogen-bond donors (Lipinski definition) is 1. The first-order chi connectivity index (χ1) is 13.9. The van der Waals surface area contributed by atoms with E-state index in [1.54, 1.807) is 31.2 Å². The summed E-state index contributed by atoms with van der Waals surface area (Å²) in [6.45, 7) is 2.07. The van der Waals surface area contributed by atoms with E-state index in [9.17, 15) is 9.59 Å². The van der Waals surface area contributed by atoms with Crippen LogP contribution < -0.4 is 5.73 Å². The minimum absolute atomic E-state index is 0.305. The van der Waals surface area contributed by atoms with Gasteiger partial charge < -0.3 is 10.5 Å². The predicted molar refractivity (Wildman–Crippen MR) is 115 cm³/mol. The first-order valence-corrected chi connectivity index (χ1v) is 9.87. The number of halogens is 2. The highest BCUT2D eigenvalue weighted by Gasteiger charge is 2.25. The number of primary amides is 1. The maximum Gasteiger partial charge on any atom is 0.338 e. The molecule has 0 saturated carbocycles. The second-order valence-electron chi connectivity index (χ2n) is 6.81. The number of carbonyl (C=O) groups is 2. The van der Waals surface area contributed by atoms with Crippen LogP contribution >= 0.6 is 23.2 Å². The quantitative estimate of drug-likeness (QED) is 0.438. The lowest BCUT2D eigenvalue weighted by Gasteiger charge is -2.11. The second-order valence-corrected chi connectivity index (χ2v) is 7.63. The summed E-state index contributed by atoms with van der Waals surface area (Å²) in [4.78, 5) is 24.3. The van der Waals surface area contributed by atoms with Crippen LogP contribution in [0.3, 0.4) is 0 Å². The number of nitrogens with two attached hydrogens (primary N) is 1. The van der Waals surface area contributed by atoms with Crippen LogP contribution in [-0.2, 0) is 11.2 Å². The molecule has 0 saturated heterocycles. The van der Waals surface area contributed by atoms with Gasteiger partial charge in [-0.3, -0.25) is 4.79 Å². The van der Waals surface area contributed by atoms with Crippen molar-refractivity contribution in [1.29, 1.82) is 0 Å². The minimum atomic E-state index is -0.499. The van der Waals surface area contributed by atoms with Gasteiger partial charge >= 0.3 is 5.97 Å². The molecule has 0 radical (unpaired) electrons. The van der Waals surface area contributed by atoms with Gasteiger partial charge in [0.2, 0.25) is 5.91 Å². The van der Waals surface area contributed by atoms with E-state index in [1.807, 2.05) is 24.3 Å². The van der Waals surface area contributed by atoms with Crippen molar-refractivity contribution in [2.45, 2.75) is 13.3 Å². The fourth-order valence-electron chi connectivity index (χ4n) is 3.68. The molecule has 29 heavy (non-hydrogen) atoms. The van der Waals surface area contributed by atoms with E-state index in [0.717, 1.165) is 33.4 Å². The number of benzene rings is 3. The summed E-state index contributed by atoms with van der Waals surface area (Å²) in [7, 11) is 0. The van der Waals surface area contributed by atoms with Gasteiger partial charge in [-0.1, -0.05) is 35.3 Å². The molecule has 0 bridgehead atoms. The van der Waals surface area contributed by atoms with Gasteiger partial charge in [-0.05, 0) is 83.1 Å². The Hall–Kier alpha value is -2.82. The molecule has 0 aromatic heterocycles. The van der Waals surface area contributed by atoms with E-state index in [-0.39, 0.29) is 5.97 Å². The summed E-state index contributed by atoms with van der Waals surface area (Å²) >= 11 is 12.2. The van der Waals surface area contributed by atoms with E-state index >= 15 is 0 Å². The number of carbonyl (C=O) groups excluding carboxylic acids is 2. The molecule has 0 heterocycles. The molecule has 1 aliphatic carbocycles. The normalized spacial score (nSPS) is 11.7. The molecule has 0 spiro atoms. The van der Waals surface area contributed by atoms with Crippen LogP contribution in [0.1, 0.15) is 38.8 Å². The number of ether oxygens (including phenoxy) is 1. The summed E-state index contributed by atoms with van der Waals surface area (Å²) in [6.07, 6.45) is 0.577. The lowest BCUT2D eigenvalue weighted by Crippen LogP contribution is -2.13. The standard InChI is InChI=1S/C23H17Cl2NO3/c1-2-29-23(28)14-4-3-13-7-18-17(16(13)8-14)9-15(10-19(18)22(26)27)12-5-6-20(24)21(25)11-12/h3-6,8-11H,2,7H2,1H3,(H2,26,27). The Bertz CT molecular complexity index is 1170. The van der Waals surface area contributed by atoms with Crippen LogP contribution in [0.2, 0.25) is 10.0 Å². The van der Waals surface area contributed by atoms with Crippen LogP contribution in [0.4, 0.5) is 0 Å². The van der Waals surface area contributed by atoms with Gasteiger partial charge in [-0.15, -0.1) is 0 Å². The number of esters is 1. The Morgan fingerprint density at radius 1 is 0.966 bits per heavy atom. The fraction of sp³-hybridized carbons (Fsp3) is 0.130. The van der Waals surface area contributed by atoms with Crippen molar-refractivity contribution < 1.29 is 14.3 Å². The highest BCUT2D eigenvalue weighted by molar-refractivity contribution is 6.42. The van der Waals surface area contributed by atoms with Crippen molar-refractivity contribution in [1.82, 2.24) is 0 Å². The SMILES string of the molecule is CCOC(=O)c1ccc2c(c1)-c1cc(-c3ccc(Cl)c(Cl)c3)cc(C(N)=O)c1C2. The monoisotopic (exact) mass is 425 g/mol. The molecular weight excluding hydrogens is 409 g/mol. The molecule has 2 N–H and O–H groups in total. The Balaban J connectivity index is 1.90. The molecule has 4 rings (SSSR count). The minimum Gasteiger partial charge on any atom is -0.462 e. The average Bonchev–Trinajstić information content (AvgIpc) is 3.07. The van der Waals surface area contributed by atoms with Gasteiger partial charge in [-0.2, -0.15) is 0 Å². The summed E-state index contributed by atoms with van der Waals surface area (Å²) < 4.78 is 5.11. The van der Waals surface area contributed by atoms with Crippen molar-refractivity contribution in [3.63, 3.8) is 0 Å². The Morgan fingerprint density at radius 2 is 1.76 bits per heavy atom. The molecular formula is C23H17Cl2NO3. The fourth-order valence-corrected chi connectivity index (χ4v) is 3.98. The maximum atomic E-state index is 12.2. The maximum absolute atomic E-state index is 12.2. The van der Waals surface area contributed by atoms with Gasteiger partial charge in [0.25, 0.3) is 0 Å². The molecule has 1 aliphatic rings. The zero-order valence-corrected chi connectivity index (χ0v) is 17.1. The topological polar surface area (TPSA) is 69.4 Å². The van der Waals surface area contributed by atoms with Gasteiger partial charge in [0.1, 0.15) is 0 Å². The van der Waals surface area contributed by atoms with E-state index < -0.39 is 5.91 Å². The lowest BCUT2D eigenvalue weighted by atomic mass is 9.93. The Kier molecular flexibility index (Phi) is 5.07. The Labute approximate surface area is 178 Å². The number of amides is 1. The number of fused-ring (bicyclic) bond motifs is 3. The van der Waals surface area contributed by atoms with Crippen LogP contribution in [0.25, 0.3) is 22.3 Å². The van der Waals surface area contributed by atoms with Crippen LogP contribution in [0, 0.1) is 0 Å². The van der Waals surface area contributed by atoms with Crippen molar-refractivity contribution in [2.75, 3.05) is 6.61 Å². The van der Waals surface area contributed by atoms with Crippen molar-refractivity contribution in [3.8, 4) is 22.3 Å². The van der Waals surface area contributed by atoms with E-state index in [4.69, 9.17) is 33.7 Å². The third kappa shape index (κ3) is 3.50.